The monoisotopic (exact) mass is 286 g/mol. The highest BCUT2D eigenvalue weighted by Crippen LogP contribution is 2.55. The van der Waals surface area contributed by atoms with Crippen LogP contribution in [0.5, 0.6) is 5.75 Å². The van der Waals surface area contributed by atoms with Crippen molar-refractivity contribution in [1.29, 1.82) is 0 Å². The van der Waals surface area contributed by atoms with E-state index in [1.54, 1.807) is 12.1 Å². The summed E-state index contributed by atoms with van der Waals surface area (Å²) in [6.45, 7) is 0. The third-order valence-corrected chi connectivity index (χ3v) is 5.71. The van der Waals surface area contributed by atoms with E-state index in [1.807, 2.05) is 0 Å². The van der Waals surface area contributed by atoms with E-state index in [0.717, 1.165) is 37.0 Å². The summed E-state index contributed by atoms with van der Waals surface area (Å²) in [5, 5.41) is 13.0. The van der Waals surface area contributed by atoms with Gasteiger partial charge < -0.3 is 16.2 Å². The van der Waals surface area contributed by atoms with E-state index in [-0.39, 0.29) is 17.2 Å². The number of nitrogens with one attached hydrogen (secondary N) is 1. The van der Waals surface area contributed by atoms with Crippen molar-refractivity contribution in [3.63, 3.8) is 0 Å². The molecule has 21 heavy (non-hydrogen) atoms. The van der Waals surface area contributed by atoms with Gasteiger partial charge in [-0.2, -0.15) is 0 Å². The Morgan fingerprint density at radius 2 is 1.71 bits per heavy atom. The third-order valence-electron chi connectivity index (χ3n) is 5.71. The number of carbonyl (C=O) groups excluding carboxylic acids is 1. The SMILES string of the molecule is Nc1ccc(C(=O)NC23CC4CC(CC(C4)C2)C3)cc1O. The smallest absolute Gasteiger partial charge is 0.251 e. The first-order valence-corrected chi connectivity index (χ1v) is 7.94. The predicted octanol–water partition coefficient (Wildman–Crippen LogP) is 2.67. The van der Waals surface area contributed by atoms with E-state index >= 15 is 0 Å². The molecule has 1 aromatic carbocycles. The quantitative estimate of drug-likeness (QED) is 0.578. The van der Waals surface area contributed by atoms with Gasteiger partial charge in [0.15, 0.2) is 0 Å². The number of hydrogen-bond acceptors (Lipinski definition) is 3. The zero-order valence-electron chi connectivity index (χ0n) is 12.1. The second kappa shape index (κ2) is 4.39. The molecule has 4 nitrogen and oxygen atoms in total. The van der Waals surface area contributed by atoms with Gasteiger partial charge in [0.25, 0.3) is 5.91 Å². The van der Waals surface area contributed by atoms with Crippen molar-refractivity contribution in [3.05, 3.63) is 23.8 Å². The first-order chi connectivity index (χ1) is 10.0. The molecule has 0 atom stereocenters. The lowest BCUT2D eigenvalue weighted by Gasteiger charge is -2.56. The maximum absolute atomic E-state index is 12.5. The summed E-state index contributed by atoms with van der Waals surface area (Å²) in [5.41, 5.74) is 6.40. The second-order valence-electron chi connectivity index (χ2n) is 7.43. The molecule has 0 radical (unpaired) electrons. The highest BCUT2D eigenvalue weighted by molar-refractivity contribution is 5.95. The average molecular weight is 286 g/mol. The normalized spacial score (nSPS) is 36.7. The summed E-state index contributed by atoms with van der Waals surface area (Å²) >= 11 is 0. The van der Waals surface area contributed by atoms with Gasteiger partial charge in [-0.3, -0.25) is 4.79 Å². The number of nitrogens with two attached hydrogens (primary N) is 1. The second-order valence-corrected chi connectivity index (χ2v) is 7.43. The summed E-state index contributed by atoms with van der Waals surface area (Å²) in [7, 11) is 0. The summed E-state index contributed by atoms with van der Waals surface area (Å²) in [6, 6.07) is 4.74. The first-order valence-electron chi connectivity index (χ1n) is 7.94. The fraction of sp³-hybridized carbons (Fsp3) is 0.588. The molecular formula is C17H22N2O2. The number of phenolic OH excluding ortho intramolecular Hbond substituents is 1. The Hall–Kier alpha value is -1.71. The lowest BCUT2D eigenvalue weighted by molar-refractivity contribution is -0.0167. The molecular weight excluding hydrogens is 264 g/mol. The topological polar surface area (TPSA) is 75.4 Å². The van der Waals surface area contributed by atoms with E-state index in [0.29, 0.717) is 11.3 Å². The minimum Gasteiger partial charge on any atom is -0.506 e. The Morgan fingerprint density at radius 3 is 2.24 bits per heavy atom. The number of amides is 1. The van der Waals surface area contributed by atoms with Crippen LogP contribution < -0.4 is 11.1 Å². The van der Waals surface area contributed by atoms with Crippen LogP contribution in [-0.2, 0) is 0 Å². The highest BCUT2D eigenvalue weighted by Gasteiger charge is 2.51. The van der Waals surface area contributed by atoms with Gasteiger partial charge in [0.2, 0.25) is 0 Å². The summed E-state index contributed by atoms with van der Waals surface area (Å²) < 4.78 is 0. The van der Waals surface area contributed by atoms with E-state index < -0.39 is 0 Å². The van der Waals surface area contributed by atoms with Crippen molar-refractivity contribution in [2.24, 2.45) is 17.8 Å². The molecule has 0 saturated heterocycles. The third kappa shape index (κ3) is 2.17. The van der Waals surface area contributed by atoms with Gasteiger partial charge in [-0.15, -0.1) is 0 Å². The predicted molar refractivity (Wildman–Crippen MR) is 80.9 cm³/mol. The maximum atomic E-state index is 12.5. The fourth-order valence-electron chi connectivity index (χ4n) is 5.26. The molecule has 4 aliphatic carbocycles. The largest absolute Gasteiger partial charge is 0.506 e. The maximum Gasteiger partial charge on any atom is 0.251 e. The Bertz CT molecular complexity index is 561. The van der Waals surface area contributed by atoms with Gasteiger partial charge in [-0.1, -0.05) is 0 Å². The number of phenols is 1. The molecule has 4 aliphatic rings. The molecule has 0 unspecified atom stereocenters. The number of aromatic hydroxyl groups is 1. The number of carbonyl (C=O) groups is 1. The summed E-state index contributed by atoms with van der Waals surface area (Å²) in [4.78, 5) is 12.5. The number of benzene rings is 1. The van der Waals surface area contributed by atoms with Crippen molar-refractivity contribution in [2.75, 3.05) is 5.73 Å². The van der Waals surface area contributed by atoms with Crippen LogP contribution in [0.4, 0.5) is 5.69 Å². The fourth-order valence-corrected chi connectivity index (χ4v) is 5.26. The molecule has 0 spiro atoms. The van der Waals surface area contributed by atoms with E-state index in [2.05, 4.69) is 5.32 Å². The van der Waals surface area contributed by atoms with Gasteiger partial charge in [0.1, 0.15) is 5.75 Å². The van der Waals surface area contributed by atoms with E-state index in [9.17, 15) is 9.90 Å². The molecule has 112 valence electrons. The lowest BCUT2D eigenvalue weighted by Crippen LogP contribution is -2.59. The molecule has 1 aromatic rings. The van der Waals surface area contributed by atoms with Gasteiger partial charge in [0.05, 0.1) is 5.69 Å². The molecule has 1 amide bonds. The number of anilines is 1. The molecule has 4 heteroatoms. The Labute approximate surface area is 124 Å². The Balaban J connectivity index is 1.55. The molecule has 4 N–H and O–H groups in total. The molecule has 4 bridgehead atoms. The standard InChI is InChI=1S/C17H22N2O2/c18-14-2-1-13(6-15(14)20)16(21)19-17-7-10-3-11(8-17)5-12(4-10)9-17/h1-2,6,10-12,20H,3-5,7-9,18H2,(H,19,21). The van der Waals surface area contributed by atoms with Crippen LogP contribution in [0.3, 0.4) is 0 Å². The van der Waals surface area contributed by atoms with Crippen molar-refractivity contribution < 1.29 is 9.90 Å². The van der Waals surface area contributed by atoms with Crippen LogP contribution in [0, 0.1) is 17.8 Å². The Kier molecular flexibility index (Phi) is 2.72. The molecule has 5 rings (SSSR count). The molecule has 0 aromatic heterocycles. The number of nitrogen functional groups attached to an aromatic ring is 1. The van der Waals surface area contributed by atoms with Gasteiger partial charge in [0, 0.05) is 11.1 Å². The van der Waals surface area contributed by atoms with Crippen LogP contribution in [0.15, 0.2) is 18.2 Å². The van der Waals surface area contributed by atoms with E-state index in [1.165, 1.54) is 25.3 Å². The zero-order chi connectivity index (χ0) is 14.6. The van der Waals surface area contributed by atoms with Gasteiger partial charge in [-0.05, 0) is 74.5 Å². The van der Waals surface area contributed by atoms with Crippen molar-refractivity contribution in [3.8, 4) is 5.75 Å². The molecule has 4 fully saturated rings. The van der Waals surface area contributed by atoms with Crippen LogP contribution in [0.2, 0.25) is 0 Å². The molecule has 0 heterocycles. The van der Waals surface area contributed by atoms with Gasteiger partial charge in [-0.25, -0.2) is 0 Å². The van der Waals surface area contributed by atoms with Gasteiger partial charge >= 0.3 is 0 Å². The highest BCUT2D eigenvalue weighted by atomic mass is 16.3. The van der Waals surface area contributed by atoms with Crippen molar-refractivity contribution in [2.45, 2.75) is 44.1 Å². The minimum absolute atomic E-state index is 0.00282. The van der Waals surface area contributed by atoms with Crippen molar-refractivity contribution in [1.82, 2.24) is 5.32 Å². The van der Waals surface area contributed by atoms with Crippen LogP contribution in [0.1, 0.15) is 48.9 Å². The summed E-state index contributed by atoms with van der Waals surface area (Å²) in [5.74, 6) is 2.31. The van der Waals surface area contributed by atoms with Crippen LogP contribution in [0.25, 0.3) is 0 Å². The van der Waals surface area contributed by atoms with Crippen molar-refractivity contribution >= 4 is 11.6 Å². The Morgan fingerprint density at radius 1 is 1.14 bits per heavy atom. The lowest BCUT2D eigenvalue weighted by atomic mass is 9.53. The molecule has 0 aliphatic heterocycles. The average Bonchev–Trinajstić information content (AvgIpc) is 2.39. The van der Waals surface area contributed by atoms with Crippen LogP contribution >= 0.6 is 0 Å². The molecule has 4 saturated carbocycles. The number of rotatable bonds is 2. The van der Waals surface area contributed by atoms with E-state index in [4.69, 9.17) is 5.73 Å². The summed E-state index contributed by atoms with van der Waals surface area (Å²) in [6.07, 6.45) is 7.47. The minimum atomic E-state index is -0.0766. The zero-order valence-corrected chi connectivity index (χ0v) is 12.1. The first kappa shape index (κ1) is 13.0. The number of hydrogen-bond donors (Lipinski definition) is 3. The van der Waals surface area contributed by atoms with Crippen LogP contribution in [-0.4, -0.2) is 16.6 Å².